The van der Waals surface area contributed by atoms with Crippen molar-refractivity contribution in [2.24, 2.45) is 5.73 Å². The fourth-order valence-electron chi connectivity index (χ4n) is 0.682. The van der Waals surface area contributed by atoms with E-state index >= 15 is 0 Å². The van der Waals surface area contributed by atoms with Crippen molar-refractivity contribution in [1.29, 1.82) is 0 Å². The van der Waals surface area contributed by atoms with Crippen molar-refractivity contribution in [3.8, 4) is 5.75 Å². The van der Waals surface area contributed by atoms with Crippen LogP contribution in [0, 0.1) is 0 Å². The Balaban J connectivity index is 0.000001000. The van der Waals surface area contributed by atoms with Gasteiger partial charge in [-0.3, -0.25) is 4.79 Å². The molecule has 1 rings (SSSR count). The summed E-state index contributed by atoms with van der Waals surface area (Å²) in [5, 5.41) is 8.98. The number of hydrogen-bond acceptors (Lipinski definition) is 2. The zero-order chi connectivity index (χ0) is 7.56. The molecule has 0 aliphatic heterocycles. The molecule has 0 heterocycles. The number of hydrogen-bond donors (Lipinski definition) is 2. The predicted octanol–water partition coefficient (Wildman–Crippen LogP) is 0.110. The molecule has 0 bridgehead atoms. The maximum Gasteiger partial charge on any atom is 0.252 e. The van der Waals surface area contributed by atoms with Gasteiger partial charge < -0.3 is 10.8 Å². The first-order chi connectivity index (χ1) is 4.72. The van der Waals surface area contributed by atoms with E-state index in [1.165, 1.54) is 12.1 Å². The normalized spacial score (nSPS) is 8.36. The van der Waals surface area contributed by atoms with E-state index in [0.717, 1.165) is 0 Å². The molecule has 3 nitrogen and oxygen atoms in total. The van der Waals surface area contributed by atoms with Crippen LogP contribution in [-0.2, 0) is 0 Å². The second-order valence-electron chi connectivity index (χ2n) is 1.88. The monoisotopic (exact) mass is 177 g/mol. The maximum absolute atomic E-state index is 10.5. The summed E-state index contributed by atoms with van der Waals surface area (Å²) in [7, 11) is 0. The Hall–Kier alpha value is -0.250. The first-order valence-corrected chi connectivity index (χ1v) is 2.79. The van der Waals surface area contributed by atoms with E-state index in [4.69, 9.17) is 10.8 Å². The minimum Gasteiger partial charge on any atom is -0.507 e. The molecule has 1 aromatic rings. The number of nitrogens with two attached hydrogens (primary N) is 1. The molecule has 0 saturated heterocycles. The van der Waals surface area contributed by atoms with Gasteiger partial charge in [0.05, 0.1) is 5.56 Å². The van der Waals surface area contributed by atoms with E-state index in [2.05, 4.69) is 0 Å². The van der Waals surface area contributed by atoms with Crippen LogP contribution in [0.25, 0.3) is 0 Å². The van der Waals surface area contributed by atoms with Crippen molar-refractivity contribution in [3.05, 3.63) is 29.8 Å². The van der Waals surface area contributed by atoms with Gasteiger partial charge in [0, 0.05) is 37.7 Å². The van der Waals surface area contributed by atoms with Gasteiger partial charge in [0.2, 0.25) is 0 Å². The third kappa shape index (κ3) is 2.69. The maximum atomic E-state index is 10.5. The number of carbonyl (C=O) groups excluding carboxylic acids is 1. The Kier molecular flexibility index (Phi) is 4.49. The molecule has 1 aromatic carbocycles. The van der Waals surface area contributed by atoms with Crippen molar-refractivity contribution in [3.63, 3.8) is 0 Å². The zero-order valence-corrected chi connectivity index (χ0v) is 8.16. The smallest absolute Gasteiger partial charge is 0.252 e. The fourth-order valence-corrected chi connectivity index (χ4v) is 0.682. The van der Waals surface area contributed by atoms with E-state index in [1.807, 2.05) is 0 Å². The largest absolute Gasteiger partial charge is 0.507 e. The van der Waals surface area contributed by atoms with E-state index in [0.29, 0.717) is 0 Å². The number of para-hydroxylation sites is 1. The Morgan fingerprint density at radius 1 is 1.36 bits per heavy atom. The van der Waals surface area contributed by atoms with Crippen LogP contribution in [0.2, 0.25) is 0 Å². The Bertz CT molecular complexity index is 262. The number of phenols is 1. The van der Waals surface area contributed by atoms with Gasteiger partial charge in [-0.05, 0) is 12.1 Å². The van der Waals surface area contributed by atoms with Crippen LogP contribution in [0.1, 0.15) is 10.4 Å². The number of carbonyl (C=O) groups is 1. The number of amides is 1. The van der Waals surface area contributed by atoms with Crippen LogP contribution < -0.4 is 5.73 Å². The van der Waals surface area contributed by atoms with Gasteiger partial charge in [-0.2, -0.15) is 0 Å². The Morgan fingerprint density at radius 2 is 1.91 bits per heavy atom. The molecule has 0 unspecified atom stereocenters. The van der Waals surface area contributed by atoms with Gasteiger partial charge in [0.1, 0.15) is 5.75 Å². The van der Waals surface area contributed by atoms with Crippen LogP contribution in [0.15, 0.2) is 24.3 Å². The minimum absolute atomic E-state index is 0. The molecule has 0 aliphatic rings. The second-order valence-corrected chi connectivity index (χ2v) is 1.88. The average Bonchev–Trinajstić information content (AvgIpc) is 1.88. The van der Waals surface area contributed by atoms with Crippen molar-refractivity contribution in [1.82, 2.24) is 0 Å². The second kappa shape index (κ2) is 4.59. The standard InChI is InChI=1S/C7H7NO2.Ca/c8-7(10)5-3-1-2-4-6(5)9;/h1-4,9H,(H2,8,10);. The summed E-state index contributed by atoms with van der Waals surface area (Å²) in [6.45, 7) is 0. The topological polar surface area (TPSA) is 63.3 Å². The van der Waals surface area contributed by atoms with E-state index in [-0.39, 0.29) is 49.1 Å². The molecule has 0 aromatic heterocycles. The summed E-state index contributed by atoms with van der Waals surface area (Å²) in [6, 6.07) is 6.15. The minimum atomic E-state index is -0.613. The average molecular weight is 177 g/mol. The van der Waals surface area contributed by atoms with E-state index in [1.54, 1.807) is 12.1 Å². The molecule has 0 aliphatic carbocycles. The summed E-state index contributed by atoms with van der Waals surface area (Å²) < 4.78 is 0. The summed E-state index contributed by atoms with van der Waals surface area (Å²) in [5.41, 5.74) is 5.07. The zero-order valence-electron chi connectivity index (χ0n) is 5.95. The van der Waals surface area contributed by atoms with Crippen LogP contribution in [0.3, 0.4) is 0 Å². The molecule has 54 valence electrons. The number of rotatable bonds is 1. The van der Waals surface area contributed by atoms with Crippen LogP contribution in [0.4, 0.5) is 0 Å². The summed E-state index contributed by atoms with van der Waals surface area (Å²) in [4.78, 5) is 10.5. The van der Waals surface area contributed by atoms with Crippen LogP contribution >= 0.6 is 0 Å². The first-order valence-electron chi connectivity index (χ1n) is 2.79. The van der Waals surface area contributed by atoms with Crippen molar-refractivity contribution >= 4 is 43.6 Å². The van der Waals surface area contributed by atoms with Crippen molar-refractivity contribution < 1.29 is 9.90 Å². The molecule has 0 saturated carbocycles. The molecule has 11 heavy (non-hydrogen) atoms. The third-order valence-corrected chi connectivity index (χ3v) is 1.17. The van der Waals surface area contributed by atoms with Gasteiger partial charge in [0.15, 0.2) is 0 Å². The molecule has 2 radical (unpaired) electrons. The number of benzene rings is 1. The fraction of sp³-hybridized carbons (Fsp3) is 0. The SMILES string of the molecule is NC(=O)c1ccccc1O.[Ca]. The van der Waals surface area contributed by atoms with Gasteiger partial charge in [0.25, 0.3) is 5.91 Å². The molecular weight excluding hydrogens is 170 g/mol. The van der Waals surface area contributed by atoms with Gasteiger partial charge in [-0.25, -0.2) is 0 Å². The summed E-state index contributed by atoms with van der Waals surface area (Å²) in [6.07, 6.45) is 0. The van der Waals surface area contributed by atoms with Crippen LogP contribution in [0.5, 0.6) is 5.75 Å². The molecule has 0 spiro atoms. The molecular formula is C7H7CaNO2. The molecule has 4 heteroatoms. The van der Waals surface area contributed by atoms with Crippen molar-refractivity contribution in [2.75, 3.05) is 0 Å². The first kappa shape index (κ1) is 10.7. The van der Waals surface area contributed by atoms with Crippen molar-refractivity contribution in [2.45, 2.75) is 0 Å². The Labute approximate surface area is 94.2 Å². The third-order valence-electron chi connectivity index (χ3n) is 1.17. The van der Waals surface area contributed by atoms with E-state index in [9.17, 15) is 4.79 Å². The molecule has 3 N–H and O–H groups in total. The molecule has 0 atom stereocenters. The number of primary amides is 1. The van der Waals surface area contributed by atoms with E-state index < -0.39 is 5.91 Å². The van der Waals surface area contributed by atoms with Gasteiger partial charge in [-0.1, -0.05) is 12.1 Å². The molecule has 1 amide bonds. The summed E-state index contributed by atoms with van der Waals surface area (Å²) >= 11 is 0. The van der Waals surface area contributed by atoms with Gasteiger partial charge >= 0.3 is 0 Å². The molecule has 0 fully saturated rings. The predicted molar refractivity (Wildman–Crippen MR) is 42.4 cm³/mol. The quantitative estimate of drug-likeness (QED) is 0.598. The summed E-state index contributed by atoms with van der Waals surface area (Å²) in [5.74, 6) is -0.687. The van der Waals surface area contributed by atoms with Gasteiger partial charge in [-0.15, -0.1) is 0 Å². The van der Waals surface area contributed by atoms with Crippen LogP contribution in [-0.4, -0.2) is 48.8 Å². The number of aromatic hydroxyl groups is 1. The Morgan fingerprint density at radius 3 is 2.27 bits per heavy atom.